The van der Waals surface area contributed by atoms with E-state index in [1.54, 1.807) is 18.2 Å². The summed E-state index contributed by atoms with van der Waals surface area (Å²) in [5.41, 5.74) is 2.94. The number of carbonyl (C=O) groups excluding carboxylic acids is 1. The van der Waals surface area contributed by atoms with E-state index in [9.17, 15) is 9.59 Å². The summed E-state index contributed by atoms with van der Waals surface area (Å²) in [6.45, 7) is 2.25. The lowest BCUT2D eigenvalue weighted by atomic mass is 10.2. The second-order valence-corrected chi connectivity index (χ2v) is 7.78. The third kappa shape index (κ3) is 4.48. The lowest BCUT2D eigenvalue weighted by Gasteiger charge is -2.25. The van der Waals surface area contributed by atoms with Crippen LogP contribution in [0.1, 0.15) is 32.1 Å². The van der Waals surface area contributed by atoms with Crippen molar-refractivity contribution in [2.75, 3.05) is 23.3 Å². The van der Waals surface area contributed by atoms with E-state index in [4.69, 9.17) is 16.0 Å². The summed E-state index contributed by atoms with van der Waals surface area (Å²) in [5.74, 6) is -0.623. The van der Waals surface area contributed by atoms with Crippen molar-refractivity contribution in [3.63, 3.8) is 0 Å². The number of rotatable bonds is 5. The molecule has 0 bridgehead atoms. The van der Waals surface area contributed by atoms with E-state index in [0.717, 1.165) is 24.5 Å². The van der Waals surface area contributed by atoms with Gasteiger partial charge in [0.15, 0.2) is 5.58 Å². The van der Waals surface area contributed by atoms with Crippen LogP contribution in [0.15, 0.2) is 51.7 Å². The van der Waals surface area contributed by atoms with Crippen molar-refractivity contribution in [1.29, 1.82) is 0 Å². The molecule has 1 saturated heterocycles. The Kier molecular flexibility index (Phi) is 5.90. The number of nitrogens with one attached hydrogen (secondary N) is 1. The molecule has 7 heteroatoms. The number of anilines is 2. The number of nitrogens with zero attached hydrogens (tertiary/aromatic N) is 2. The number of fused-ring (bicyclic) bond motifs is 1. The molecule has 0 unspecified atom stereocenters. The van der Waals surface area contributed by atoms with Gasteiger partial charge in [0.2, 0.25) is 5.91 Å². The fourth-order valence-corrected chi connectivity index (χ4v) is 4.01. The number of hydrogen-bond donors (Lipinski definition) is 1. The van der Waals surface area contributed by atoms with Gasteiger partial charge in [-0.05, 0) is 37.1 Å². The first-order valence-corrected chi connectivity index (χ1v) is 10.4. The zero-order chi connectivity index (χ0) is 20.2. The fourth-order valence-electron chi connectivity index (χ4n) is 3.84. The van der Waals surface area contributed by atoms with Gasteiger partial charge in [0.25, 0.3) is 0 Å². The maximum atomic E-state index is 12.6. The van der Waals surface area contributed by atoms with Crippen LogP contribution in [0.25, 0.3) is 11.1 Å². The third-order valence-electron chi connectivity index (χ3n) is 5.32. The molecule has 2 aromatic carbocycles. The first-order valence-electron chi connectivity index (χ1n) is 10.0. The van der Waals surface area contributed by atoms with Gasteiger partial charge in [-0.3, -0.25) is 9.36 Å². The van der Waals surface area contributed by atoms with Gasteiger partial charge in [-0.1, -0.05) is 36.6 Å². The minimum Gasteiger partial charge on any atom is -0.408 e. The van der Waals surface area contributed by atoms with Crippen LogP contribution in [0.4, 0.5) is 11.4 Å². The first kappa shape index (κ1) is 19.6. The molecule has 1 aromatic heterocycles. The number of amides is 1. The molecule has 29 heavy (non-hydrogen) atoms. The SMILES string of the molecule is O=C(CCn1c(=O)oc2cc(Cl)ccc21)Nc1ccccc1N1CCCCCC1. The number of halogens is 1. The maximum Gasteiger partial charge on any atom is 0.419 e. The molecule has 1 aliphatic heterocycles. The van der Waals surface area contributed by atoms with Gasteiger partial charge in [-0.25, -0.2) is 4.79 Å². The molecule has 4 rings (SSSR count). The summed E-state index contributed by atoms with van der Waals surface area (Å²) < 4.78 is 6.69. The summed E-state index contributed by atoms with van der Waals surface area (Å²) in [6, 6.07) is 12.9. The number of hydrogen-bond acceptors (Lipinski definition) is 4. The summed E-state index contributed by atoms with van der Waals surface area (Å²) in [6.07, 6.45) is 5.02. The van der Waals surface area contributed by atoms with E-state index in [0.29, 0.717) is 16.1 Å². The molecular formula is C22H24ClN3O3. The number of oxazole rings is 1. The van der Waals surface area contributed by atoms with Crippen LogP contribution in [0.5, 0.6) is 0 Å². The van der Waals surface area contributed by atoms with Crippen LogP contribution in [0.2, 0.25) is 5.02 Å². The van der Waals surface area contributed by atoms with Crippen molar-refractivity contribution in [1.82, 2.24) is 4.57 Å². The van der Waals surface area contributed by atoms with Crippen LogP contribution in [0.3, 0.4) is 0 Å². The molecule has 2 heterocycles. The van der Waals surface area contributed by atoms with Crippen LogP contribution >= 0.6 is 11.6 Å². The molecule has 0 radical (unpaired) electrons. The molecule has 1 amide bonds. The molecule has 1 fully saturated rings. The largest absolute Gasteiger partial charge is 0.419 e. The van der Waals surface area contributed by atoms with Gasteiger partial charge in [-0.15, -0.1) is 0 Å². The summed E-state index contributed by atoms with van der Waals surface area (Å²) in [4.78, 5) is 27.1. The summed E-state index contributed by atoms with van der Waals surface area (Å²) in [5, 5.41) is 3.52. The Balaban J connectivity index is 1.46. The van der Waals surface area contributed by atoms with Gasteiger partial charge in [-0.2, -0.15) is 0 Å². The number of carbonyl (C=O) groups is 1. The molecule has 0 aliphatic carbocycles. The summed E-state index contributed by atoms with van der Waals surface area (Å²) >= 11 is 5.95. The third-order valence-corrected chi connectivity index (χ3v) is 5.55. The molecule has 0 saturated carbocycles. The van der Waals surface area contributed by atoms with Gasteiger partial charge < -0.3 is 14.6 Å². The quantitative estimate of drug-likeness (QED) is 0.660. The number of aromatic nitrogens is 1. The number of aryl methyl sites for hydroxylation is 1. The van der Waals surface area contributed by atoms with Crippen molar-refractivity contribution in [3.05, 3.63) is 58.0 Å². The van der Waals surface area contributed by atoms with E-state index in [1.165, 1.54) is 30.3 Å². The zero-order valence-corrected chi connectivity index (χ0v) is 17.0. The molecule has 3 aromatic rings. The monoisotopic (exact) mass is 413 g/mol. The van der Waals surface area contributed by atoms with Crippen molar-refractivity contribution >= 4 is 40.0 Å². The highest BCUT2D eigenvalue weighted by Crippen LogP contribution is 2.28. The van der Waals surface area contributed by atoms with E-state index in [1.807, 2.05) is 18.2 Å². The highest BCUT2D eigenvalue weighted by Gasteiger charge is 2.16. The van der Waals surface area contributed by atoms with Crippen molar-refractivity contribution in [3.8, 4) is 0 Å². The highest BCUT2D eigenvalue weighted by atomic mass is 35.5. The first-order chi connectivity index (χ1) is 14.1. The Morgan fingerprint density at radius 3 is 2.62 bits per heavy atom. The minimum absolute atomic E-state index is 0.137. The molecular weight excluding hydrogens is 390 g/mol. The minimum atomic E-state index is -0.486. The highest BCUT2D eigenvalue weighted by molar-refractivity contribution is 6.31. The van der Waals surface area contributed by atoms with E-state index in [-0.39, 0.29) is 18.9 Å². The van der Waals surface area contributed by atoms with Crippen molar-refractivity contribution in [2.45, 2.75) is 38.6 Å². The standard InChI is InChI=1S/C22H24ClN3O3/c23-16-9-10-19-20(15-16)29-22(28)26(19)14-11-21(27)24-17-7-3-4-8-18(17)25-12-5-1-2-6-13-25/h3-4,7-10,15H,1-2,5-6,11-14H2,(H,24,27). The van der Waals surface area contributed by atoms with Crippen molar-refractivity contribution in [2.24, 2.45) is 0 Å². The fraction of sp³-hybridized carbons (Fsp3) is 0.364. The Labute approximate surface area is 174 Å². The Morgan fingerprint density at radius 2 is 1.83 bits per heavy atom. The Morgan fingerprint density at radius 1 is 1.07 bits per heavy atom. The predicted molar refractivity (Wildman–Crippen MR) is 116 cm³/mol. The topological polar surface area (TPSA) is 67.5 Å². The average molecular weight is 414 g/mol. The Hall–Kier alpha value is -2.73. The van der Waals surface area contributed by atoms with Crippen molar-refractivity contribution < 1.29 is 9.21 Å². The van der Waals surface area contributed by atoms with Gasteiger partial charge in [0.1, 0.15) is 0 Å². The Bertz CT molecular complexity index is 1060. The number of benzene rings is 2. The molecule has 152 valence electrons. The van der Waals surface area contributed by atoms with E-state index >= 15 is 0 Å². The van der Waals surface area contributed by atoms with Crippen LogP contribution in [0, 0.1) is 0 Å². The van der Waals surface area contributed by atoms with Gasteiger partial charge >= 0.3 is 5.76 Å². The van der Waals surface area contributed by atoms with E-state index in [2.05, 4.69) is 16.3 Å². The lowest BCUT2D eigenvalue weighted by molar-refractivity contribution is -0.116. The maximum absolute atomic E-state index is 12.6. The lowest BCUT2D eigenvalue weighted by Crippen LogP contribution is -2.26. The van der Waals surface area contributed by atoms with E-state index < -0.39 is 5.76 Å². The van der Waals surface area contributed by atoms with Gasteiger partial charge in [0, 0.05) is 37.1 Å². The zero-order valence-electron chi connectivity index (χ0n) is 16.2. The molecule has 0 spiro atoms. The normalized spacial score (nSPS) is 14.7. The average Bonchev–Trinajstić information content (AvgIpc) is 2.87. The second-order valence-electron chi connectivity index (χ2n) is 7.35. The second kappa shape index (κ2) is 8.74. The molecule has 6 nitrogen and oxygen atoms in total. The van der Waals surface area contributed by atoms with Gasteiger partial charge in [0.05, 0.1) is 16.9 Å². The summed E-state index contributed by atoms with van der Waals surface area (Å²) in [7, 11) is 0. The van der Waals surface area contributed by atoms with Crippen LogP contribution in [-0.2, 0) is 11.3 Å². The molecule has 1 aliphatic rings. The number of para-hydroxylation sites is 2. The van der Waals surface area contributed by atoms with Crippen LogP contribution in [-0.4, -0.2) is 23.6 Å². The molecule has 0 atom stereocenters. The smallest absolute Gasteiger partial charge is 0.408 e. The predicted octanol–water partition coefficient (Wildman–Crippen LogP) is 4.66. The molecule has 1 N–H and O–H groups in total. The van der Waals surface area contributed by atoms with Crippen LogP contribution < -0.4 is 16.0 Å².